The highest BCUT2D eigenvalue weighted by Gasteiger charge is 2.21. The molecule has 2 aromatic heterocycles. The molecule has 0 aliphatic rings. The third-order valence-electron chi connectivity index (χ3n) is 3.65. The fraction of sp³-hybridized carbons (Fsp3) is 0.158. The molecule has 3 rings (SSSR count). The normalized spacial score (nSPS) is 11.9. The maximum Gasteiger partial charge on any atom is 0.272 e. The van der Waals surface area contributed by atoms with Crippen LogP contribution >= 0.6 is 11.3 Å². The summed E-state index contributed by atoms with van der Waals surface area (Å²) in [5, 5.41) is 12.4. The van der Waals surface area contributed by atoms with Gasteiger partial charge in [-0.3, -0.25) is 9.78 Å². The molecule has 0 saturated carbocycles. The highest BCUT2D eigenvalue weighted by molar-refractivity contribution is 7.10. The third-order valence-corrected chi connectivity index (χ3v) is 4.63. The molecule has 3 aromatic rings. The molecule has 24 heavy (non-hydrogen) atoms. The first-order chi connectivity index (χ1) is 11.7. The Morgan fingerprint density at radius 1 is 1.08 bits per heavy atom. The second-order valence-corrected chi connectivity index (χ2v) is 6.40. The molecule has 0 saturated heterocycles. The van der Waals surface area contributed by atoms with Gasteiger partial charge in [-0.2, -0.15) is 0 Å². The topological polar surface area (TPSA) is 53.4 Å². The number of aliphatic hydroxyl groups is 1. The van der Waals surface area contributed by atoms with E-state index in [-0.39, 0.29) is 12.5 Å². The minimum Gasteiger partial charge on any atom is -0.386 e. The zero-order chi connectivity index (χ0) is 16.8. The van der Waals surface area contributed by atoms with E-state index in [4.69, 9.17) is 0 Å². The van der Waals surface area contributed by atoms with Crippen molar-refractivity contribution in [2.45, 2.75) is 12.6 Å². The van der Waals surface area contributed by atoms with Crippen molar-refractivity contribution in [2.75, 3.05) is 6.54 Å². The summed E-state index contributed by atoms with van der Waals surface area (Å²) in [5.41, 5.74) is 1.40. The Bertz CT molecular complexity index is 761. The Morgan fingerprint density at radius 2 is 1.88 bits per heavy atom. The summed E-state index contributed by atoms with van der Waals surface area (Å²) < 4.78 is 0. The lowest BCUT2D eigenvalue weighted by Gasteiger charge is -2.25. The Hall–Kier alpha value is -2.50. The molecule has 2 heterocycles. The van der Waals surface area contributed by atoms with Crippen LogP contribution in [0.5, 0.6) is 0 Å². The lowest BCUT2D eigenvalue weighted by molar-refractivity contribution is 0.0603. The summed E-state index contributed by atoms with van der Waals surface area (Å²) in [6.07, 6.45) is 0.894. The van der Waals surface area contributed by atoms with Gasteiger partial charge in [0, 0.05) is 17.6 Å². The van der Waals surface area contributed by atoms with Crippen molar-refractivity contribution in [3.05, 3.63) is 88.4 Å². The Labute approximate surface area is 145 Å². The first-order valence-corrected chi connectivity index (χ1v) is 8.57. The van der Waals surface area contributed by atoms with Crippen LogP contribution in [0, 0.1) is 0 Å². The number of hydrogen-bond acceptors (Lipinski definition) is 4. The highest BCUT2D eigenvalue weighted by Crippen LogP contribution is 2.21. The van der Waals surface area contributed by atoms with E-state index in [2.05, 4.69) is 4.98 Å². The number of benzene rings is 1. The lowest BCUT2D eigenvalue weighted by Crippen LogP contribution is -2.34. The van der Waals surface area contributed by atoms with Gasteiger partial charge in [-0.1, -0.05) is 42.5 Å². The van der Waals surface area contributed by atoms with Gasteiger partial charge in [0.15, 0.2) is 0 Å². The van der Waals surface area contributed by atoms with Crippen molar-refractivity contribution < 1.29 is 9.90 Å². The smallest absolute Gasteiger partial charge is 0.272 e. The van der Waals surface area contributed by atoms with Gasteiger partial charge in [0.1, 0.15) is 11.8 Å². The monoisotopic (exact) mass is 338 g/mol. The lowest BCUT2D eigenvalue weighted by atomic mass is 10.1. The van der Waals surface area contributed by atoms with E-state index >= 15 is 0 Å². The van der Waals surface area contributed by atoms with E-state index in [1.165, 1.54) is 11.3 Å². The van der Waals surface area contributed by atoms with Crippen molar-refractivity contribution in [3.63, 3.8) is 0 Å². The molecule has 1 aromatic carbocycles. The number of thiophene rings is 1. The van der Waals surface area contributed by atoms with Gasteiger partial charge >= 0.3 is 0 Å². The second kappa shape index (κ2) is 7.86. The van der Waals surface area contributed by atoms with Crippen LogP contribution in [0.2, 0.25) is 0 Å². The minimum absolute atomic E-state index is 0.185. The zero-order valence-electron chi connectivity index (χ0n) is 13.1. The Kier molecular flexibility index (Phi) is 5.36. The van der Waals surface area contributed by atoms with Crippen LogP contribution in [0.1, 0.15) is 27.0 Å². The minimum atomic E-state index is -0.707. The van der Waals surface area contributed by atoms with E-state index in [1.54, 1.807) is 29.3 Å². The summed E-state index contributed by atoms with van der Waals surface area (Å²) in [7, 11) is 0. The number of nitrogens with zero attached hydrogens (tertiary/aromatic N) is 2. The van der Waals surface area contributed by atoms with Crippen molar-refractivity contribution in [3.8, 4) is 0 Å². The van der Waals surface area contributed by atoms with Gasteiger partial charge in [-0.15, -0.1) is 11.3 Å². The summed E-state index contributed by atoms with van der Waals surface area (Å²) >= 11 is 1.48. The summed E-state index contributed by atoms with van der Waals surface area (Å²) in [6, 6.07) is 18.8. The molecular weight excluding hydrogens is 320 g/mol. The van der Waals surface area contributed by atoms with Crippen molar-refractivity contribution >= 4 is 17.2 Å². The number of aliphatic hydroxyl groups excluding tert-OH is 1. The standard InChI is InChI=1S/C19H18N2O2S/c22-17(18-10-6-12-24-18)14-21(13-15-7-2-1-3-8-15)19(23)16-9-4-5-11-20-16/h1-12,17,22H,13-14H2. The van der Waals surface area contributed by atoms with Crippen LogP contribution in [0.25, 0.3) is 0 Å². The zero-order valence-corrected chi connectivity index (χ0v) is 13.9. The molecule has 1 amide bonds. The van der Waals surface area contributed by atoms with Crippen molar-refractivity contribution in [1.29, 1.82) is 0 Å². The van der Waals surface area contributed by atoms with E-state index in [1.807, 2.05) is 47.8 Å². The number of pyridine rings is 1. The largest absolute Gasteiger partial charge is 0.386 e. The fourth-order valence-electron chi connectivity index (χ4n) is 2.45. The molecule has 0 fully saturated rings. The molecule has 1 atom stereocenters. The van der Waals surface area contributed by atoms with Crippen molar-refractivity contribution in [1.82, 2.24) is 9.88 Å². The predicted octanol–water partition coefficient (Wildman–Crippen LogP) is 3.52. The van der Waals surface area contributed by atoms with Crippen LogP contribution in [0.4, 0.5) is 0 Å². The molecule has 0 radical (unpaired) electrons. The maximum absolute atomic E-state index is 12.8. The van der Waals surface area contributed by atoms with E-state index in [9.17, 15) is 9.90 Å². The molecule has 0 aliphatic heterocycles. The maximum atomic E-state index is 12.8. The van der Waals surface area contributed by atoms with Crippen LogP contribution in [0.3, 0.4) is 0 Å². The van der Waals surface area contributed by atoms with Gasteiger partial charge in [-0.25, -0.2) is 0 Å². The Morgan fingerprint density at radius 3 is 2.54 bits per heavy atom. The van der Waals surface area contributed by atoms with Crippen LogP contribution in [-0.2, 0) is 6.54 Å². The SMILES string of the molecule is O=C(c1ccccn1)N(Cc1ccccc1)CC(O)c1cccs1. The molecule has 0 bridgehead atoms. The molecule has 0 spiro atoms. The van der Waals surface area contributed by atoms with Gasteiger partial charge in [0.25, 0.3) is 5.91 Å². The van der Waals surface area contributed by atoms with E-state index < -0.39 is 6.10 Å². The molecular formula is C19H18N2O2S. The number of rotatable bonds is 6. The fourth-order valence-corrected chi connectivity index (χ4v) is 3.16. The van der Waals surface area contributed by atoms with Gasteiger partial charge in [0.2, 0.25) is 0 Å². The molecule has 5 heteroatoms. The number of aromatic nitrogens is 1. The average Bonchev–Trinajstić information content (AvgIpc) is 3.17. The Balaban J connectivity index is 1.81. The van der Waals surface area contributed by atoms with Crippen LogP contribution in [-0.4, -0.2) is 27.4 Å². The summed E-state index contributed by atoms with van der Waals surface area (Å²) in [6.45, 7) is 0.656. The molecule has 0 aliphatic carbocycles. The first kappa shape index (κ1) is 16.4. The van der Waals surface area contributed by atoms with Gasteiger partial charge < -0.3 is 10.0 Å². The molecule has 4 nitrogen and oxygen atoms in total. The predicted molar refractivity (Wildman–Crippen MR) is 94.7 cm³/mol. The number of amides is 1. The van der Waals surface area contributed by atoms with Gasteiger partial charge in [0.05, 0.1) is 6.54 Å². The quantitative estimate of drug-likeness (QED) is 0.748. The van der Waals surface area contributed by atoms with E-state index in [0.29, 0.717) is 12.2 Å². The van der Waals surface area contributed by atoms with Crippen LogP contribution < -0.4 is 0 Å². The number of hydrogen-bond donors (Lipinski definition) is 1. The van der Waals surface area contributed by atoms with Gasteiger partial charge in [-0.05, 0) is 29.1 Å². The van der Waals surface area contributed by atoms with Crippen LogP contribution in [0.15, 0.2) is 72.2 Å². The molecule has 1 N–H and O–H groups in total. The average molecular weight is 338 g/mol. The second-order valence-electron chi connectivity index (χ2n) is 5.42. The third kappa shape index (κ3) is 4.07. The number of carbonyl (C=O) groups is 1. The summed E-state index contributed by atoms with van der Waals surface area (Å²) in [4.78, 5) is 19.4. The molecule has 122 valence electrons. The van der Waals surface area contributed by atoms with Crippen molar-refractivity contribution in [2.24, 2.45) is 0 Å². The van der Waals surface area contributed by atoms with E-state index in [0.717, 1.165) is 10.4 Å². The first-order valence-electron chi connectivity index (χ1n) is 7.70. The number of carbonyl (C=O) groups excluding carboxylic acids is 1. The highest BCUT2D eigenvalue weighted by atomic mass is 32.1. The summed E-state index contributed by atoms with van der Waals surface area (Å²) in [5.74, 6) is -0.185. The molecule has 1 unspecified atom stereocenters.